The Morgan fingerprint density at radius 3 is 2.50 bits per heavy atom. The van der Waals surface area contributed by atoms with Crippen molar-refractivity contribution in [3.8, 4) is 6.07 Å². The molecule has 0 bridgehead atoms. The lowest BCUT2D eigenvalue weighted by Crippen LogP contribution is -2.31. The van der Waals surface area contributed by atoms with Gasteiger partial charge in [0.2, 0.25) is 0 Å². The van der Waals surface area contributed by atoms with E-state index >= 15 is 0 Å². The van der Waals surface area contributed by atoms with Crippen LogP contribution in [0.4, 0.5) is 0 Å². The van der Waals surface area contributed by atoms with Crippen LogP contribution in [-0.2, 0) is 6.54 Å². The van der Waals surface area contributed by atoms with Gasteiger partial charge in [-0.25, -0.2) is 0 Å². The summed E-state index contributed by atoms with van der Waals surface area (Å²) in [6.45, 7) is 5.78. The Labute approximate surface area is 110 Å². The molecule has 96 valence electrons. The number of nitriles is 1. The Morgan fingerprint density at radius 1 is 1.22 bits per heavy atom. The van der Waals surface area contributed by atoms with Gasteiger partial charge in [0.1, 0.15) is 0 Å². The standard InChI is InChI=1S/C15H21N3/c1-17(10-11-18-8-2-3-9-18)13-15-6-4-14(12-16)5-7-15/h4-7H,2-3,8-11,13H2,1H3. The van der Waals surface area contributed by atoms with E-state index in [9.17, 15) is 0 Å². The van der Waals surface area contributed by atoms with E-state index in [0.717, 1.165) is 18.7 Å². The van der Waals surface area contributed by atoms with Crippen LogP contribution in [0, 0.1) is 11.3 Å². The molecule has 1 saturated heterocycles. The molecule has 3 nitrogen and oxygen atoms in total. The van der Waals surface area contributed by atoms with Crippen molar-refractivity contribution in [2.24, 2.45) is 0 Å². The topological polar surface area (TPSA) is 30.3 Å². The van der Waals surface area contributed by atoms with Crippen molar-refractivity contribution in [1.29, 1.82) is 5.26 Å². The van der Waals surface area contributed by atoms with Crippen LogP contribution in [-0.4, -0.2) is 43.0 Å². The van der Waals surface area contributed by atoms with Crippen LogP contribution < -0.4 is 0 Å². The number of rotatable bonds is 5. The Morgan fingerprint density at radius 2 is 1.89 bits per heavy atom. The summed E-state index contributed by atoms with van der Waals surface area (Å²) in [5, 5.41) is 8.75. The first kappa shape index (κ1) is 13.1. The van der Waals surface area contributed by atoms with Gasteiger partial charge in [0, 0.05) is 19.6 Å². The molecule has 1 aromatic rings. The van der Waals surface area contributed by atoms with Crippen molar-refractivity contribution < 1.29 is 0 Å². The van der Waals surface area contributed by atoms with E-state index in [-0.39, 0.29) is 0 Å². The summed E-state index contributed by atoms with van der Waals surface area (Å²) in [5.74, 6) is 0. The summed E-state index contributed by atoms with van der Waals surface area (Å²) >= 11 is 0. The van der Waals surface area contributed by atoms with Crippen LogP contribution in [0.2, 0.25) is 0 Å². The number of hydrogen-bond acceptors (Lipinski definition) is 3. The van der Waals surface area contributed by atoms with Crippen molar-refractivity contribution in [2.45, 2.75) is 19.4 Å². The number of likely N-dealkylation sites (N-methyl/N-ethyl adjacent to an activating group) is 1. The molecule has 0 aromatic heterocycles. The molecule has 0 aliphatic carbocycles. The molecule has 0 unspecified atom stereocenters. The average Bonchev–Trinajstić information content (AvgIpc) is 2.90. The van der Waals surface area contributed by atoms with E-state index in [0.29, 0.717) is 0 Å². The van der Waals surface area contributed by atoms with Gasteiger partial charge in [-0.3, -0.25) is 0 Å². The van der Waals surface area contributed by atoms with Gasteiger partial charge in [-0.2, -0.15) is 5.26 Å². The second-order valence-corrected chi connectivity index (χ2v) is 5.10. The SMILES string of the molecule is CN(CCN1CCCC1)Cc1ccc(C#N)cc1. The first-order valence-electron chi connectivity index (χ1n) is 6.68. The van der Waals surface area contributed by atoms with Crippen LogP contribution in [0.1, 0.15) is 24.0 Å². The number of likely N-dealkylation sites (tertiary alicyclic amines) is 1. The maximum absolute atomic E-state index is 8.75. The van der Waals surface area contributed by atoms with Gasteiger partial charge in [-0.1, -0.05) is 12.1 Å². The van der Waals surface area contributed by atoms with Crippen LogP contribution >= 0.6 is 0 Å². The highest BCUT2D eigenvalue weighted by atomic mass is 15.2. The van der Waals surface area contributed by atoms with Crippen LogP contribution in [0.15, 0.2) is 24.3 Å². The van der Waals surface area contributed by atoms with Crippen LogP contribution in [0.5, 0.6) is 0 Å². The van der Waals surface area contributed by atoms with E-state index in [4.69, 9.17) is 5.26 Å². The van der Waals surface area contributed by atoms with E-state index < -0.39 is 0 Å². The number of hydrogen-bond donors (Lipinski definition) is 0. The van der Waals surface area contributed by atoms with Crippen molar-refractivity contribution in [3.05, 3.63) is 35.4 Å². The Balaban J connectivity index is 1.75. The predicted octanol–water partition coefficient (Wildman–Crippen LogP) is 2.09. The van der Waals surface area contributed by atoms with Crippen LogP contribution in [0.3, 0.4) is 0 Å². The van der Waals surface area contributed by atoms with Gasteiger partial charge in [0.25, 0.3) is 0 Å². The largest absolute Gasteiger partial charge is 0.302 e. The highest BCUT2D eigenvalue weighted by Gasteiger charge is 2.11. The summed E-state index contributed by atoms with van der Waals surface area (Å²) < 4.78 is 0. The summed E-state index contributed by atoms with van der Waals surface area (Å²) in [7, 11) is 2.16. The van der Waals surface area contributed by atoms with E-state index in [1.54, 1.807) is 0 Å². The highest BCUT2D eigenvalue weighted by Crippen LogP contribution is 2.08. The molecule has 1 fully saturated rings. The van der Waals surface area contributed by atoms with Crippen molar-refractivity contribution in [2.75, 3.05) is 33.2 Å². The molecule has 0 radical (unpaired) electrons. The molecule has 1 aromatic carbocycles. The molecule has 0 atom stereocenters. The molecule has 0 N–H and O–H groups in total. The lowest BCUT2D eigenvalue weighted by molar-refractivity contribution is 0.252. The zero-order valence-electron chi connectivity index (χ0n) is 11.1. The molecule has 2 rings (SSSR count). The van der Waals surface area contributed by atoms with Gasteiger partial charge in [-0.15, -0.1) is 0 Å². The molecule has 1 aliphatic heterocycles. The van der Waals surface area contributed by atoms with E-state index in [1.807, 2.05) is 24.3 Å². The number of nitrogens with zero attached hydrogens (tertiary/aromatic N) is 3. The molecule has 18 heavy (non-hydrogen) atoms. The van der Waals surface area contributed by atoms with E-state index in [1.165, 1.54) is 38.0 Å². The lowest BCUT2D eigenvalue weighted by atomic mass is 10.1. The third-order valence-corrected chi connectivity index (χ3v) is 3.53. The third-order valence-electron chi connectivity index (χ3n) is 3.53. The maximum Gasteiger partial charge on any atom is 0.0991 e. The van der Waals surface area contributed by atoms with E-state index in [2.05, 4.69) is 22.9 Å². The van der Waals surface area contributed by atoms with Gasteiger partial charge in [-0.05, 0) is 50.7 Å². The highest BCUT2D eigenvalue weighted by molar-refractivity contribution is 5.31. The second-order valence-electron chi connectivity index (χ2n) is 5.10. The smallest absolute Gasteiger partial charge is 0.0991 e. The minimum Gasteiger partial charge on any atom is -0.302 e. The minimum absolute atomic E-state index is 0.735. The average molecular weight is 243 g/mol. The fraction of sp³-hybridized carbons (Fsp3) is 0.533. The predicted molar refractivity (Wildman–Crippen MR) is 73.2 cm³/mol. The van der Waals surface area contributed by atoms with Crippen molar-refractivity contribution in [1.82, 2.24) is 9.80 Å². The molecule has 3 heteroatoms. The summed E-state index contributed by atoms with van der Waals surface area (Å²) in [4.78, 5) is 4.88. The van der Waals surface area contributed by atoms with Crippen LogP contribution in [0.25, 0.3) is 0 Å². The third kappa shape index (κ3) is 3.83. The Kier molecular flexibility index (Phi) is 4.74. The van der Waals surface area contributed by atoms with Gasteiger partial charge >= 0.3 is 0 Å². The lowest BCUT2D eigenvalue weighted by Gasteiger charge is -2.21. The normalized spacial score (nSPS) is 16.1. The minimum atomic E-state index is 0.735. The first-order chi connectivity index (χ1) is 8.78. The monoisotopic (exact) mass is 243 g/mol. The fourth-order valence-electron chi connectivity index (χ4n) is 2.39. The molecular formula is C15H21N3. The summed E-state index contributed by atoms with van der Waals surface area (Å²) in [5.41, 5.74) is 2.01. The first-order valence-corrected chi connectivity index (χ1v) is 6.68. The van der Waals surface area contributed by atoms with Crippen molar-refractivity contribution in [3.63, 3.8) is 0 Å². The zero-order chi connectivity index (χ0) is 12.8. The quantitative estimate of drug-likeness (QED) is 0.793. The molecule has 0 amide bonds. The van der Waals surface area contributed by atoms with Crippen molar-refractivity contribution >= 4 is 0 Å². The Hall–Kier alpha value is -1.37. The van der Waals surface area contributed by atoms with Gasteiger partial charge in [0.05, 0.1) is 11.6 Å². The fourth-order valence-corrected chi connectivity index (χ4v) is 2.39. The molecule has 0 saturated carbocycles. The Bertz CT molecular complexity index is 399. The zero-order valence-corrected chi connectivity index (χ0v) is 11.1. The maximum atomic E-state index is 8.75. The molecule has 1 aliphatic rings. The molecule has 0 spiro atoms. The second kappa shape index (κ2) is 6.53. The summed E-state index contributed by atoms with van der Waals surface area (Å²) in [6.07, 6.45) is 2.72. The molecular weight excluding hydrogens is 222 g/mol. The number of benzene rings is 1. The molecule has 1 heterocycles. The van der Waals surface area contributed by atoms with Gasteiger partial charge < -0.3 is 9.80 Å². The summed E-state index contributed by atoms with van der Waals surface area (Å²) in [6, 6.07) is 10.0. The van der Waals surface area contributed by atoms with Gasteiger partial charge in [0.15, 0.2) is 0 Å².